The highest BCUT2D eigenvalue weighted by atomic mass is 14.2. The Labute approximate surface area is 256 Å². The van der Waals surface area contributed by atoms with Gasteiger partial charge in [0.1, 0.15) is 0 Å². The second kappa shape index (κ2) is 9.93. The van der Waals surface area contributed by atoms with Gasteiger partial charge in [-0.2, -0.15) is 0 Å². The lowest BCUT2D eigenvalue weighted by atomic mass is 9.86. The maximum absolute atomic E-state index is 2.43. The zero-order valence-electron chi connectivity index (χ0n) is 24.2. The molecular weight excluding hydrogens is 528 g/mol. The number of hydrogen-bond donors (Lipinski definition) is 0. The molecule has 0 atom stereocenters. The van der Waals surface area contributed by atoms with E-state index in [-0.39, 0.29) is 0 Å². The van der Waals surface area contributed by atoms with E-state index in [9.17, 15) is 0 Å². The van der Waals surface area contributed by atoms with Gasteiger partial charge in [-0.1, -0.05) is 146 Å². The van der Waals surface area contributed by atoms with Gasteiger partial charge in [0.15, 0.2) is 0 Å². The van der Waals surface area contributed by atoms with Gasteiger partial charge in [0.25, 0.3) is 0 Å². The third kappa shape index (κ3) is 3.92. The lowest BCUT2D eigenvalue weighted by Crippen LogP contribution is -1.90. The first-order valence-electron chi connectivity index (χ1n) is 15.3. The van der Waals surface area contributed by atoms with Gasteiger partial charge in [0.05, 0.1) is 0 Å². The van der Waals surface area contributed by atoms with E-state index in [1.54, 1.807) is 0 Å². The number of fused-ring (bicyclic) bond motifs is 9. The lowest BCUT2D eigenvalue weighted by molar-refractivity contribution is 1.60. The van der Waals surface area contributed by atoms with Gasteiger partial charge in [-0.15, -0.1) is 0 Å². The van der Waals surface area contributed by atoms with Crippen LogP contribution in [0.15, 0.2) is 170 Å². The average Bonchev–Trinajstić information content (AvgIpc) is 3.11. The van der Waals surface area contributed by atoms with Crippen LogP contribution in [0.4, 0.5) is 0 Å². The predicted molar refractivity (Wildman–Crippen MR) is 190 cm³/mol. The van der Waals surface area contributed by atoms with Crippen molar-refractivity contribution in [1.29, 1.82) is 0 Å². The van der Waals surface area contributed by atoms with Crippen LogP contribution in [0.1, 0.15) is 0 Å². The van der Waals surface area contributed by atoms with Gasteiger partial charge < -0.3 is 0 Å². The summed E-state index contributed by atoms with van der Waals surface area (Å²) in [5.74, 6) is 0. The maximum Gasteiger partial charge on any atom is -0.00199 e. The third-order valence-electron chi connectivity index (χ3n) is 9.20. The molecule has 0 saturated carbocycles. The van der Waals surface area contributed by atoms with Gasteiger partial charge in [0.2, 0.25) is 0 Å². The van der Waals surface area contributed by atoms with E-state index in [4.69, 9.17) is 0 Å². The van der Waals surface area contributed by atoms with Crippen LogP contribution >= 0.6 is 0 Å². The molecule has 0 unspecified atom stereocenters. The Balaban J connectivity index is 1.33. The Hall–Kier alpha value is -5.72. The standard InChI is InChI=1S/C44H28/c1-2-11-29(12-3-1)32-15-10-16-33(25-32)34-23-24-40-42(27-34)36-17-6-7-18-37(36)43-28-41(38-19-8-9-20-39(38)44(40)43)35-22-21-30-13-4-5-14-31(30)26-35/h1-28H. The smallest absolute Gasteiger partial charge is 0.00199 e. The molecule has 0 aliphatic carbocycles. The zero-order valence-corrected chi connectivity index (χ0v) is 24.2. The Bertz CT molecular complexity index is 2540. The van der Waals surface area contributed by atoms with Crippen LogP contribution in [0.2, 0.25) is 0 Å². The summed E-state index contributed by atoms with van der Waals surface area (Å²) in [7, 11) is 0. The molecular formula is C44H28. The Morgan fingerprint density at radius 1 is 0.227 bits per heavy atom. The van der Waals surface area contributed by atoms with E-state index >= 15 is 0 Å². The second-order valence-electron chi connectivity index (χ2n) is 11.7. The monoisotopic (exact) mass is 556 g/mol. The van der Waals surface area contributed by atoms with Crippen molar-refractivity contribution < 1.29 is 0 Å². The molecule has 0 aliphatic rings. The van der Waals surface area contributed by atoms with E-state index in [1.807, 2.05) is 0 Å². The van der Waals surface area contributed by atoms with Crippen LogP contribution in [-0.2, 0) is 0 Å². The third-order valence-corrected chi connectivity index (χ3v) is 9.20. The number of rotatable bonds is 3. The summed E-state index contributed by atoms with van der Waals surface area (Å²) in [6.07, 6.45) is 0. The fourth-order valence-corrected chi connectivity index (χ4v) is 7.10. The molecule has 9 aromatic rings. The van der Waals surface area contributed by atoms with Crippen LogP contribution < -0.4 is 0 Å². The highest BCUT2D eigenvalue weighted by molar-refractivity contribution is 6.33. The maximum atomic E-state index is 2.43. The van der Waals surface area contributed by atoms with Gasteiger partial charge in [-0.3, -0.25) is 0 Å². The van der Waals surface area contributed by atoms with Crippen molar-refractivity contribution in [2.45, 2.75) is 0 Å². The SMILES string of the molecule is c1ccc(-c2cccc(-c3ccc4c(c3)c3ccccc3c3cc(-c5ccc6ccccc6c5)c5ccccc5c43)c2)cc1. The molecule has 0 saturated heterocycles. The van der Waals surface area contributed by atoms with Gasteiger partial charge in [0, 0.05) is 0 Å². The van der Waals surface area contributed by atoms with Crippen molar-refractivity contribution >= 4 is 53.9 Å². The molecule has 0 spiro atoms. The second-order valence-corrected chi connectivity index (χ2v) is 11.7. The average molecular weight is 557 g/mol. The van der Waals surface area contributed by atoms with E-state index in [0.717, 1.165) is 0 Å². The van der Waals surface area contributed by atoms with Crippen molar-refractivity contribution in [1.82, 2.24) is 0 Å². The molecule has 0 radical (unpaired) electrons. The molecule has 0 aliphatic heterocycles. The summed E-state index contributed by atoms with van der Waals surface area (Å²) < 4.78 is 0. The summed E-state index contributed by atoms with van der Waals surface area (Å²) in [5, 5.41) is 12.9. The highest BCUT2D eigenvalue weighted by Gasteiger charge is 2.16. The molecule has 0 heteroatoms. The zero-order chi connectivity index (χ0) is 29.0. The van der Waals surface area contributed by atoms with Crippen LogP contribution in [0.3, 0.4) is 0 Å². The van der Waals surface area contributed by atoms with Crippen LogP contribution in [0.25, 0.3) is 87.2 Å². The minimum absolute atomic E-state index is 1.23. The molecule has 0 amide bonds. The highest BCUT2D eigenvalue weighted by Crippen LogP contribution is 2.44. The van der Waals surface area contributed by atoms with Crippen molar-refractivity contribution in [2.75, 3.05) is 0 Å². The van der Waals surface area contributed by atoms with E-state index in [2.05, 4.69) is 170 Å². The van der Waals surface area contributed by atoms with E-state index in [0.29, 0.717) is 0 Å². The molecule has 0 fully saturated rings. The van der Waals surface area contributed by atoms with Gasteiger partial charge >= 0.3 is 0 Å². The molecule has 9 rings (SSSR count). The molecule has 9 aromatic carbocycles. The molecule has 44 heavy (non-hydrogen) atoms. The van der Waals surface area contributed by atoms with Gasteiger partial charge in [-0.25, -0.2) is 0 Å². The Morgan fingerprint density at radius 3 is 1.61 bits per heavy atom. The molecule has 0 N–H and O–H groups in total. The minimum Gasteiger partial charge on any atom is -0.0622 e. The minimum atomic E-state index is 1.23. The quantitative estimate of drug-likeness (QED) is 0.190. The summed E-state index contributed by atoms with van der Waals surface area (Å²) in [5.41, 5.74) is 7.46. The largest absolute Gasteiger partial charge is 0.0622 e. The van der Waals surface area contributed by atoms with Crippen molar-refractivity contribution in [3.05, 3.63) is 170 Å². The fourth-order valence-electron chi connectivity index (χ4n) is 7.10. The molecule has 0 heterocycles. The van der Waals surface area contributed by atoms with Gasteiger partial charge in [-0.05, 0) is 112 Å². The summed E-state index contributed by atoms with van der Waals surface area (Å²) >= 11 is 0. The first kappa shape index (κ1) is 24.8. The van der Waals surface area contributed by atoms with Crippen molar-refractivity contribution in [2.24, 2.45) is 0 Å². The first-order chi connectivity index (χ1) is 21.8. The number of hydrogen-bond acceptors (Lipinski definition) is 0. The van der Waals surface area contributed by atoms with Crippen molar-refractivity contribution in [3.63, 3.8) is 0 Å². The molecule has 0 bridgehead atoms. The van der Waals surface area contributed by atoms with E-state index in [1.165, 1.54) is 87.2 Å². The van der Waals surface area contributed by atoms with Crippen molar-refractivity contribution in [3.8, 4) is 33.4 Å². The lowest BCUT2D eigenvalue weighted by Gasteiger charge is -2.17. The summed E-state index contributed by atoms with van der Waals surface area (Å²) in [6, 6.07) is 62.3. The van der Waals surface area contributed by atoms with Crippen LogP contribution in [0, 0.1) is 0 Å². The molecule has 204 valence electrons. The van der Waals surface area contributed by atoms with Crippen LogP contribution in [-0.4, -0.2) is 0 Å². The molecule has 0 nitrogen and oxygen atoms in total. The Kier molecular flexibility index (Phi) is 5.61. The predicted octanol–water partition coefficient (Wildman–Crippen LogP) is 12.5. The first-order valence-corrected chi connectivity index (χ1v) is 15.3. The summed E-state index contributed by atoms with van der Waals surface area (Å²) in [6.45, 7) is 0. The normalized spacial score (nSPS) is 11.6. The number of benzene rings is 9. The van der Waals surface area contributed by atoms with E-state index < -0.39 is 0 Å². The summed E-state index contributed by atoms with van der Waals surface area (Å²) in [4.78, 5) is 0. The fraction of sp³-hybridized carbons (Fsp3) is 0. The topological polar surface area (TPSA) is 0 Å². The Morgan fingerprint density at radius 2 is 0.795 bits per heavy atom. The molecule has 0 aromatic heterocycles. The van der Waals surface area contributed by atoms with Crippen LogP contribution in [0.5, 0.6) is 0 Å².